The number of likely N-dealkylation sites (tertiary alicyclic amines) is 1. The number of hydrogen-bond acceptors (Lipinski definition) is 4. The molecular formula is C18H17FN6. The highest BCUT2D eigenvalue weighted by molar-refractivity contribution is 5.75. The van der Waals surface area contributed by atoms with Gasteiger partial charge in [-0.3, -0.25) is 4.90 Å². The van der Waals surface area contributed by atoms with Crippen LogP contribution in [-0.4, -0.2) is 36.0 Å². The van der Waals surface area contributed by atoms with Crippen molar-refractivity contribution in [3.05, 3.63) is 60.1 Å². The first-order valence-electron chi connectivity index (χ1n) is 8.44. The van der Waals surface area contributed by atoms with E-state index >= 15 is 0 Å². The van der Waals surface area contributed by atoms with E-state index in [9.17, 15) is 4.39 Å². The Morgan fingerprint density at radius 3 is 3.16 bits per heavy atom. The van der Waals surface area contributed by atoms with E-state index in [4.69, 9.17) is 0 Å². The number of rotatable bonds is 3. The number of aromatic amines is 1. The largest absolute Gasteiger partial charge is 0.341 e. The van der Waals surface area contributed by atoms with Gasteiger partial charge in [0.15, 0.2) is 5.65 Å². The SMILES string of the molecule is Fc1ccc2nc(C3CCCN3Cc3ccn4ncnc4c3)[nH]c2c1. The van der Waals surface area contributed by atoms with E-state index < -0.39 is 0 Å². The predicted octanol–water partition coefficient (Wildman–Crippen LogP) is 3.08. The van der Waals surface area contributed by atoms with Crippen LogP contribution in [0.3, 0.4) is 0 Å². The van der Waals surface area contributed by atoms with Gasteiger partial charge in [0, 0.05) is 12.7 Å². The molecule has 4 aromatic rings. The number of imidazole rings is 1. The second kappa shape index (κ2) is 5.63. The summed E-state index contributed by atoms with van der Waals surface area (Å²) in [4.78, 5) is 14.6. The van der Waals surface area contributed by atoms with E-state index in [2.05, 4.69) is 37.1 Å². The van der Waals surface area contributed by atoms with E-state index in [0.29, 0.717) is 0 Å². The lowest BCUT2D eigenvalue weighted by Crippen LogP contribution is -2.23. The van der Waals surface area contributed by atoms with Gasteiger partial charge in [0.25, 0.3) is 0 Å². The summed E-state index contributed by atoms with van der Waals surface area (Å²) in [5.74, 6) is 0.675. The minimum Gasteiger partial charge on any atom is -0.341 e. The first-order chi connectivity index (χ1) is 12.3. The van der Waals surface area contributed by atoms with Crippen molar-refractivity contribution in [2.75, 3.05) is 6.54 Å². The van der Waals surface area contributed by atoms with Gasteiger partial charge in [0.1, 0.15) is 18.0 Å². The van der Waals surface area contributed by atoms with Crippen LogP contribution in [0.15, 0.2) is 42.9 Å². The predicted molar refractivity (Wildman–Crippen MR) is 91.4 cm³/mol. The van der Waals surface area contributed by atoms with Crippen molar-refractivity contribution in [3.63, 3.8) is 0 Å². The molecule has 0 aliphatic carbocycles. The highest BCUT2D eigenvalue weighted by atomic mass is 19.1. The average Bonchev–Trinajstić information content (AvgIpc) is 3.32. The molecular weight excluding hydrogens is 319 g/mol. The summed E-state index contributed by atoms with van der Waals surface area (Å²) in [6.45, 7) is 1.85. The van der Waals surface area contributed by atoms with Gasteiger partial charge in [-0.25, -0.2) is 18.9 Å². The van der Waals surface area contributed by atoms with Gasteiger partial charge in [-0.2, -0.15) is 5.10 Å². The Labute approximate surface area is 143 Å². The molecule has 1 fully saturated rings. The van der Waals surface area contributed by atoms with Crippen LogP contribution < -0.4 is 0 Å². The summed E-state index contributed by atoms with van der Waals surface area (Å²) in [6, 6.07) is 9.05. The average molecular weight is 336 g/mol. The van der Waals surface area contributed by atoms with Crippen molar-refractivity contribution in [3.8, 4) is 0 Å². The Bertz CT molecular complexity index is 1050. The van der Waals surface area contributed by atoms with Crippen molar-refractivity contribution in [1.82, 2.24) is 29.5 Å². The summed E-state index contributed by atoms with van der Waals surface area (Å²) >= 11 is 0. The molecule has 7 heteroatoms. The molecule has 1 atom stereocenters. The molecule has 6 nitrogen and oxygen atoms in total. The summed E-state index contributed by atoms with van der Waals surface area (Å²) in [5, 5.41) is 4.13. The molecule has 1 aliphatic rings. The Balaban J connectivity index is 1.44. The van der Waals surface area contributed by atoms with Crippen LogP contribution in [0.25, 0.3) is 16.7 Å². The number of benzene rings is 1. The van der Waals surface area contributed by atoms with Crippen molar-refractivity contribution in [1.29, 1.82) is 0 Å². The quantitative estimate of drug-likeness (QED) is 0.624. The molecule has 0 radical (unpaired) electrons. The van der Waals surface area contributed by atoms with Crippen molar-refractivity contribution in [2.45, 2.75) is 25.4 Å². The fourth-order valence-corrected chi connectivity index (χ4v) is 3.67. The summed E-state index contributed by atoms with van der Waals surface area (Å²) in [7, 11) is 0. The minimum absolute atomic E-state index is 0.226. The maximum atomic E-state index is 13.4. The van der Waals surface area contributed by atoms with Crippen LogP contribution in [0.2, 0.25) is 0 Å². The first kappa shape index (κ1) is 14.5. The van der Waals surface area contributed by atoms with Gasteiger partial charge in [-0.1, -0.05) is 0 Å². The summed E-state index contributed by atoms with van der Waals surface area (Å²) < 4.78 is 15.2. The van der Waals surface area contributed by atoms with Crippen LogP contribution in [0, 0.1) is 5.82 Å². The van der Waals surface area contributed by atoms with E-state index in [0.717, 1.165) is 48.4 Å². The molecule has 0 spiro atoms. The molecule has 1 aromatic carbocycles. The van der Waals surface area contributed by atoms with Crippen LogP contribution in [-0.2, 0) is 6.54 Å². The number of halogens is 1. The molecule has 1 saturated heterocycles. The number of aromatic nitrogens is 5. The molecule has 1 unspecified atom stereocenters. The van der Waals surface area contributed by atoms with Gasteiger partial charge in [-0.15, -0.1) is 0 Å². The fourth-order valence-electron chi connectivity index (χ4n) is 3.67. The molecule has 1 aliphatic heterocycles. The zero-order valence-electron chi connectivity index (χ0n) is 13.6. The van der Waals surface area contributed by atoms with Gasteiger partial charge in [-0.05, 0) is 55.3 Å². The van der Waals surface area contributed by atoms with Crippen molar-refractivity contribution in [2.24, 2.45) is 0 Å². The number of H-pyrrole nitrogens is 1. The zero-order valence-corrected chi connectivity index (χ0v) is 13.6. The van der Waals surface area contributed by atoms with Crippen molar-refractivity contribution >= 4 is 16.7 Å². The van der Waals surface area contributed by atoms with E-state index in [1.54, 1.807) is 16.9 Å². The van der Waals surface area contributed by atoms with Crippen molar-refractivity contribution < 1.29 is 4.39 Å². The van der Waals surface area contributed by atoms with Crippen LogP contribution >= 0.6 is 0 Å². The highest BCUT2D eigenvalue weighted by Gasteiger charge is 2.28. The van der Waals surface area contributed by atoms with E-state index in [-0.39, 0.29) is 11.9 Å². The lowest BCUT2D eigenvalue weighted by atomic mass is 10.2. The third-order valence-electron chi connectivity index (χ3n) is 4.87. The third kappa shape index (κ3) is 2.56. The third-order valence-corrected chi connectivity index (χ3v) is 4.87. The summed E-state index contributed by atoms with van der Waals surface area (Å²) in [6.07, 6.45) is 5.68. The molecule has 126 valence electrons. The molecule has 0 saturated carbocycles. The fraction of sp³-hybridized carbons (Fsp3) is 0.278. The Hall–Kier alpha value is -2.80. The van der Waals surface area contributed by atoms with E-state index in [1.165, 1.54) is 17.7 Å². The highest BCUT2D eigenvalue weighted by Crippen LogP contribution is 2.32. The molecule has 25 heavy (non-hydrogen) atoms. The lowest BCUT2D eigenvalue weighted by molar-refractivity contribution is 0.241. The van der Waals surface area contributed by atoms with Crippen LogP contribution in [0.1, 0.15) is 30.3 Å². The molecule has 4 heterocycles. The smallest absolute Gasteiger partial charge is 0.155 e. The molecule has 3 aromatic heterocycles. The first-order valence-corrected chi connectivity index (χ1v) is 8.44. The van der Waals surface area contributed by atoms with Gasteiger partial charge in [0.2, 0.25) is 0 Å². The Kier molecular flexibility index (Phi) is 3.27. The second-order valence-corrected chi connectivity index (χ2v) is 6.51. The number of nitrogens with zero attached hydrogens (tertiary/aromatic N) is 5. The molecule has 5 rings (SSSR count). The monoisotopic (exact) mass is 336 g/mol. The minimum atomic E-state index is -0.243. The topological polar surface area (TPSA) is 62.1 Å². The van der Waals surface area contributed by atoms with Gasteiger partial charge >= 0.3 is 0 Å². The number of nitrogens with one attached hydrogen (secondary N) is 1. The molecule has 0 bridgehead atoms. The van der Waals surface area contributed by atoms with Gasteiger partial charge in [0.05, 0.1) is 17.1 Å². The maximum Gasteiger partial charge on any atom is 0.155 e. The van der Waals surface area contributed by atoms with E-state index in [1.807, 2.05) is 6.20 Å². The molecule has 0 amide bonds. The zero-order chi connectivity index (χ0) is 16.8. The standard InChI is InChI=1S/C18H17FN6/c19-13-3-4-14-15(9-13)23-18(22-14)16-2-1-6-24(16)10-12-5-7-25-17(8-12)20-11-21-25/h3-5,7-9,11,16H,1-2,6,10H2,(H,22,23). The second-order valence-electron chi connectivity index (χ2n) is 6.51. The maximum absolute atomic E-state index is 13.4. The number of fused-ring (bicyclic) bond motifs is 2. The Morgan fingerprint density at radius 1 is 1.24 bits per heavy atom. The Morgan fingerprint density at radius 2 is 2.20 bits per heavy atom. The van der Waals surface area contributed by atoms with Gasteiger partial charge < -0.3 is 4.98 Å². The number of pyridine rings is 1. The molecule has 1 N–H and O–H groups in total. The van der Waals surface area contributed by atoms with Crippen LogP contribution in [0.4, 0.5) is 4.39 Å². The lowest BCUT2D eigenvalue weighted by Gasteiger charge is -2.22. The normalized spacial score (nSPS) is 18.5. The number of hydrogen-bond donors (Lipinski definition) is 1. The summed E-state index contributed by atoms with van der Waals surface area (Å²) in [5.41, 5.74) is 3.63. The van der Waals surface area contributed by atoms with Crippen LogP contribution in [0.5, 0.6) is 0 Å².